The number of rotatable bonds is 4. The number of hydrogen-bond acceptors (Lipinski definition) is 3. The summed E-state index contributed by atoms with van der Waals surface area (Å²) in [6.45, 7) is 13.6. The molecule has 0 aromatic heterocycles. The van der Waals surface area contributed by atoms with E-state index in [1.807, 2.05) is 0 Å². The summed E-state index contributed by atoms with van der Waals surface area (Å²) in [6.07, 6.45) is 0.236. The van der Waals surface area contributed by atoms with Crippen molar-refractivity contribution in [1.29, 1.82) is 0 Å². The summed E-state index contributed by atoms with van der Waals surface area (Å²) in [5.41, 5.74) is 1.67. The highest BCUT2D eigenvalue weighted by atomic mass is 16.5. The summed E-state index contributed by atoms with van der Waals surface area (Å²) < 4.78 is 5.72. The molecule has 1 N–H and O–H groups in total. The molecule has 2 aliphatic rings. The number of hydrogen-bond donors (Lipinski definition) is 1. The van der Waals surface area contributed by atoms with Gasteiger partial charge in [0, 0.05) is 25.2 Å². The van der Waals surface area contributed by atoms with E-state index in [1.54, 1.807) is 0 Å². The Morgan fingerprint density at radius 1 is 1.24 bits per heavy atom. The number of nitrogens with one attached hydrogen (secondary N) is 1. The summed E-state index contributed by atoms with van der Waals surface area (Å²) in [5, 5.41) is 3.55. The average Bonchev–Trinajstić information content (AvgIpc) is 2.95. The van der Waals surface area contributed by atoms with E-state index >= 15 is 0 Å². The Morgan fingerprint density at radius 3 is 2.57 bits per heavy atom. The van der Waals surface area contributed by atoms with Gasteiger partial charge in [0.15, 0.2) is 0 Å². The average molecular weight is 288 g/mol. The molecular formula is C18H28N2O. The van der Waals surface area contributed by atoms with Crippen molar-refractivity contribution in [2.75, 3.05) is 19.6 Å². The van der Waals surface area contributed by atoms with Crippen LogP contribution in [0, 0.1) is 11.8 Å². The molecule has 2 saturated heterocycles. The normalized spacial score (nSPS) is 28.0. The smallest absolute Gasteiger partial charge is 0.119 e. The van der Waals surface area contributed by atoms with Crippen LogP contribution in [0.4, 0.5) is 0 Å². The molecule has 21 heavy (non-hydrogen) atoms. The summed E-state index contributed by atoms with van der Waals surface area (Å²) in [4.78, 5) is 2.65. The van der Waals surface area contributed by atoms with Crippen LogP contribution in [0.3, 0.4) is 0 Å². The molecule has 0 bridgehead atoms. The molecule has 1 aromatic carbocycles. The second-order valence-electron chi connectivity index (χ2n) is 7.37. The maximum atomic E-state index is 5.72. The minimum absolute atomic E-state index is 0.236. The largest absolute Gasteiger partial charge is 0.491 e. The zero-order valence-electron chi connectivity index (χ0n) is 13.7. The highest BCUT2D eigenvalue weighted by Crippen LogP contribution is 2.41. The monoisotopic (exact) mass is 288 g/mol. The summed E-state index contributed by atoms with van der Waals surface area (Å²) in [7, 11) is 0. The van der Waals surface area contributed by atoms with E-state index in [2.05, 4.69) is 62.2 Å². The Kier molecular flexibility index (Phi) is 3.98. The Hall–Kier alpha value is -1.06. The third-order valence-electron chi connectivity index (χ3n) is 5.19. The first-order valence-corrected chi connectivity index (χ1v) is 8.18. The van der Waals surface area contributed by atoms with E-state index in [-0.39, 0.29) is 6.10 Å². The molecule has 2 aliphatic heterocycles. The van der Waals surface area contributed by atoms with E-state index in [9.17, 15) is 0 Å². The van der Waals surface area contributed by atoms with Crippen molar-refractivity contribution in [3.63, 3.8) is 0 Å². The van der Waals surface area contributed by atoms with Gasteiger partial charge in [-0.1, -0.05) is 12.1 Å². The van der Waals surface area contributed by atoms with Crippen molar-refractivity contribution in [3.05, 3.63) is 29.8 Å². The molecule has 2 unspecified atom stereocenters. The molecule has 0 saturated carbocycles. The topological polar surface area (TPSA) is 24.5 Å². The Balaban J connectivity index is 1.66. The van der Waals surface area contributed by atoms with Crippen LogP contribution >= 0.6 is 0 Å². The summed E-state index contributed by atoms with van der Waals surface area (Å²) in [6, 6.07) is 8.61. The van der Waals surface area contributed by atoms with Crippen LogP contribution in [0.2, 0.25) is 0 Å². The van der Waals surface area contributed by atoms with Gasteiger partial charge in [0.2, 0.25) is 0 Å². The standard InChI is InChI=1S/C18H28N2O/c1-13(2)21-16-7-5-14(6-8-16)11-20-12-15-9-19-10-17(15)18(20,3)4/h5-8,13,15,17,19H,9-12H2,1-4H3. The minimum Gasteiger partial charge on any atom is -0.491 e. The van der Waals surface area contributed by atoms with Crippen LogP contribution in [0.5, 0.6) is 5.75 Å². The lowest BCUT2D eigenvalue weighted by Gasteiger charge is -2.35. The highest BCUT2D eigenvalue weighted by molar-refractivity contribution is 5.27. The van der Waals surface area contributed by atoms with Crippen molar-refractivity contribution in [1.82, 2.24) is 10.2 Å². The van der Waals surface area contributed by atoms with Crippen LogP contribution in [0.1, 0.15) is 33.3 Å². The third-order valence-corrected chi connectivity index (χ3v) is 5.19. The van der Waals surface area contributed by atoms with Crippen molar-refractivity contribution >= 4 is 0 Å². The molecular weight excluding hydrogens is 260 g/mol. The number of fused-ring (bicyclic) bond motifs is 1. The second-order valence-corrected chi connectivity index (χ2v) is 7.37. The first-order valence-electron chi connectivity index (χ1n) is 8.18. The van der Waals surface area contributed by atoms with E-state index < -0.39 is 0 Å². The maximum Gasteiger partial charge on any atom is 0.119 e. The first kappa shape index (κ1) is 14.9. The van der Waals surface area contributed by atoms with Gasteiger partial charge in [-0.25, -0.2) is 0 Å². The molecule has 0 spiro atoms. The Morgan fingerprint density at radius 2 is 1.95 bits per heavy atom. The van der Waals surface area contributed by atoms with E-state index in [1.165, 1.54) is 25.2 Å². The first-order chi connectivity index (χ1) is 9.96. The van der Waals surface area contributed by atoms with Gasteiger partial charge in [-0.05, 0) is 63.8 Å². The van der Waals surface area contributed by atoms with Gasteiger partial charge in [0.25, 0.3) is 0 Å². The van der Waals surface area contributed by atoms with Gasteiger partial charge < -0.3 is 10.1 Å². The Labute approximate surface area is 128 Å². The van der Waals surface area contributed by atoms with Crippen LogP contribution in [0.15, 0.2) is 24.3 Å². The SMILES string of the molecule is CC(C)Oc1ccc(CN2CC3CNCC3C2(C)C)cc1. The quantitative estimate of drug-likeness (QED) is 0.922. The maximum absolute atomic E-state index is 5.72. The molecule has 3 nitrogen and oxygen atoms in total. The van der Waals surface area contributed by atoms with Gasteiger partial charge in [-0.3, -0.25) is 4.90 Å². The fourth-order valence-corrected chi connectivity index (χ4v) is 3.94. The molecule has 0 radical (unpaired) electrons. The number of nitrogens with zero attached hydrogens (tertiary/aromatic N) is 1. The van der Waals surface area contributed by atoms with Gasteiger partial charge in [0.1, 0.15) is 5.75 Å². The van der Waals surface area contributed by atoms with Crippen LogP contribution in [-0.4, -0.2) is 36.2 Å². The fraction of sp³-hybridized carbons (Fsp3) is 0.667. The van der Waals surface area contributed by atoms with Gasteiger partial charge in [-0.2, -0.15) is 0 Å². The number of ether oxygens (including phenoxy) is 1. The van der Waals surface area contributed by atoms with Crippen molar-refractivity contribution in [2.24, 2.45) is 11.8 Å². The van der Waals surface area contributed by atoms with Gasteiger partial charge in [-0.15, -0.1) is 0 Å². The van der Waals surface area contributed by atoms with Crippen molar-refractivity contribution in [3.8, 4) is 5.75 Å². The highest BCUT2D eigenvalue weighted by Gasteiger charge is 2.49. The lowest BCUT2D eigenvalue weighted by molar-refractivity contribution is 0.132. The van der Waals surface area contributed by atoms with Crippen LogP contribution in [-0.2, 0) is 6.54 Å². The number of benzene rings is 1. The predicted molar refractivity (Wildman–Crippen MR) is 86.5 cm³/mol. The lowest BCUT2D eigenvalue weighted by Crippen LogP contribution is -2.43. The zero-order chi connectivity index (χ0) is 15.0. The molecule has 2 atom stereocenters. The molecule has 3 rings (SSSR count). The number of likely N-dealkylation sites (tertiary alicyclic amines) is 1. The van der Waals surface area contributed by atoms with E-state index in [4.69, 9.17) is 4.74 Å². The summed E-state index contributed by atoms with van der Waals surface area (Å²) in [5.74, 6) is 2.58. The van der Waals surface area contributed by atoms with E-state index in [0.29, 0.717) is 5.54 Å². The fourth-order valence-electron chi connectivity index (χ4n) is 3.94. The van der Waals surface area contributed by atoms with Crippen molar-refractivity contribution < 1.29 is 4.74 Å². The third kappa shape index (κ3) is 2.95. The summed E-state index contributed by atoms with van der Waals surface area (Å²) >= 11 is 0. The van der Waals surface area contributed by atoms with E-state index in [0.717, 1.165) is 24.1 Å². The zero-order valence-corrected chi connectivity index (χ0v) is 13.7. The Bertz CT molecular complexity index is 480. The molecule has 2 fully saturated rings. The minimum atomic E-state index is 0.236. The lowest BCUT2D eigenvalue weighted by atomic mass is 9.85. The molecule has 3 heteroatoms. The molecule has 2 heterocycles. The van der Waals surface area contributed by atoms with Crippen LogP contribution < -0.4 is 10.1 Å². The molecule has 116 valence electrons. The molecule has 0 aliphatic carbocycles. The predicted octanol–water partition coefficient (Wildman–Crippen LogP) is 2.90. The van der Waals surface area contributed by atoms with Crippen LogP contribution in [0.25, 0.3) is 0 Å². The van der Waals surface area contributed by atoms with Gasteiger partial charge in [0.05, 0.1) is 6.10 Å². The molecule has 1 aromatic rings. The second kappa shape index (κ2) is 5.62. The van der Waals surface area contributed by atoms with Crippen molar-refractivity contribution in [2.45, 2.75) is 45.9 Å². The molecule has 0 amide bonds. The van der Waals surface area contributed by atoms with Gasteiger partial charge >= 0.3 is 0 Å².